The fraction of sp³-hybridized carbons (Fsp3) is 0.462. The zero-order valence-electron chi connectivity index (χ0n) is 10.6. The summed E-state index contributed by atoms with van der Waals surface area (Å²) in [5, 5.41) is 0.617. The summed E-state index contributed by atoms with van der Waals surface area (Å²) < 4.78 is 0.730. The zero-order valence-corrected chi connectivity index (χ0v) is 12.9. The topological polar surface area (TPSA) is 20.3 Å². The van der Waals surface area contributed by atoms with Crippen molar-refractivity contribution in [3.8, 4) is 0 Å². The molecule has 0 aromatic heterocycles. The Bertz CT molecular complexity index is 431. The molecular weight excluding hydrogens is 302 g/mol. The first-order valence-corrected chi connectivity index (χ1v) is 6.70. The van der Waals surface area contributed by atoms with Crippen LogP contribution in [0.4, 0.5) is 0 Å². The largest absolute Gasteiger partial charge is 0.337 e. The minimum absolute atomic E-state index is 0.000363. The van der Waals surface area contributed by atoms with Gasteiger partial charge >= 0.3 is 0 Å². The molecule has 0 N–H and O–H groups in total. The molecule has 1 aromatic carbocycles. The van der Waals surface area contributed by atoms with Crippen LogP contribution in [0.1, 0.15) is 37.6 Å². The van der Waals surface area contributed by atoms with E-state index in [4.69, 9.17) is 11.6 Å². The first-order valence-electron chi connectivity index (χ1n) is 5.53. The van der Waals surface area contributed by atoms with E-state index in [0.29, 0.717) is 10.6 Å². The molecule has 0 unspecified atom stereocenters. The van der Waals surface area contributed by atoms with Gasteiger partial charge in [0.25, 0.3) is 5.91 Å². The Kier molecular flexibility index (Phi) is 4.62. The van der Waals surface area contributed by atoms with E-state index in [9.17, 15) is 4.79 Å². The van der Waals surface area contributed by atoms with Crippen LogP contribution in [0.5, 0.6) is 0 Å². The highest BCUT2D eigenvalue weighted by Crippen LogP contribution is 2.25. The molecule has 2 nitrogen and oxygen atoms in total. The van der Waals surface area contributed by atoms with Crippen molar-refractivity contribution in [2.75, 3.05) is 7.05 Å². The van der Waals surface area contributed by atoms with Gasteiger partial charge in [-0.05, 0) is 54.4 Å². The molecule has 1 aromatic rings. The normalized spacial score (nSPS) is 11.4. The maximum absolute atomic E-state index is 12.3. The minimum atomic E-state index is -0.157. The maximum atomic E-state index is 12.3. The third-order valence-corrected chi connectivity index (χ3v) is 4.13. The van der Waals surface area contributed by atoms with E-state index in [2.05, 4.69) is 36.7 Å². The molecule has 0 aliphatic heterocycles. The van der Waals surface area contributed by atoms with Crippen molar-refractivity contribution in [3.05, 3.63) is 33.3 Å². The predicted octanol–water partition coefficient (Wildman–Crippen LogP) is 4.36. The maximum Gasteiger partial charge on any atom is 0.255 e. The molecule has 0 aliphatic carbocycles. The third-order valence-electron chi connectivity index (χ3n) is 3.24. The monoisotopic (exact) mass is 317 g/mol. The quantitative estimate of drug-likeness (QED) is 0.810. The van der Waals surface area contributed by atoms with Crippen LogP contribution in [0.25, 0.3) is 0 Å². The number of rotatable bonds is 3. The SMILES string of the molecule is CCC(C)(C)N(C)C(=O)c1ccc(Cl)cc1Br. The van der Waals surface area contributed by atoms with Crippen LogP contribution >= 0.6 is 27.5 Å². The van der Waals surface area contributed by atoms with E-state index < -0.39 is 0 Å². The smallest absolute Gasteiger partial charge is 0.255 e. The highest BCUT2D eigenvalue weighted by Gasteiger charge is 2.27. The average Bonchev–Trinajstić information content (AvgIpc) is 2.27. The van der Waals surface area contributed by atoms with Gasteiger partial charge in [0.15, 0.2) is 0 Å². The zero-order chi connectivity index (χ0) is 13.2. The van der Waals surface area contributed by atoms with Crippen LogP contribution in [0, 0.1) is 0 Å². The van der Waals surface area contributed by atoms with Gasteiger partial charge in [0, 0.05) is 22.1 Å². The molecule has 94 valence electrons. The number of hydrogen-bond acceptors (Lipinski definition) is 1. The molecule has 1 amide bonds. The molecule has 0 atom stereocenters. The van der Waals surface area contributed by atoms with E-state index in [-0.39, 0.29) is 11.4 Å². The van der Waals surface area contributed by atoms with Gasteiger partial charge in [-0.2, -0.15) is 0 Å². The Balaban J connectivity index is 3.05. The molecule has 0 fully saturated rings. The van der Waals surface area contributed by atoms with E-state index in [1.165, 1.54) is 0 Å². The number of hydrogen-bond donors (Lipinski definition) is 0. The van der Waals surface area contributed by atoms with Crippen LogP contribution in [0.3, 0.4) is 0 Å². The fourth-order valence-corrected chi connectivity index (χ4v) is 2.21. The molecule has 0 radical (unpaired) electrons. The van der Waals surface area contributed by atoms with E-state index in [1.54, 1.807) is 23.1 Å². The summed E-state index contributed by atoms with van der Waals surface area (Å²) in [6.07, 6.45) is 0.903. The summed E-state index contributed by atoms with van der Waals surface area (Å²) >= 11 is 9.24. The molecule has 0 saturated heterocycles. The Labute approximate surface area is 116 Å². The molecule has 0 aliphatic rings. The lowest BCUT2D eigenvalue weighted by atomic mass is 9.99. The van der Waals surface area contributed by atoms with Gasteiger partial charge in [0.05, 0.1) is 5.56 Å². The summed E-state index contributed by atoms with van der Waals surface area (Å²) in [7, 11) is 1.83. The molecule has 1 rings (SSSR count). The van der Waals surface area contributed by atoms with Crippen LogP contribution in [0.2, 0.25) is 5.02 Å². The van der Waals surface area contributed by atoms with E-state index >= 15 is 0 Å². The molecule has 17 heavy (non-hydrogen) atoms. The van der Waals surface area contributed by atoms with Crippen molar-refractivity contribution in [3.63, 3.8) is 0 Å². The number of halogens is 2. The summed E-state index contributed by atoms with van der Waals surface area (Å²) in [6.45, 7) is 6.17. The molecule has 0 spiro atoms. The number of benzene rings is 1. The van der Waals surface area contributed by atoms with Crippen LogP contribution in [-0.4, -0.2) is 23.4 Å². The lowest BCUT2D eigenvalue weighted by Crippen LogP contribution is -2.44. The number of amides is 1. The Morgan fingerprint density at radius 1 is 1.47 bits per heavy atom. The Morgan fingerprint density at radius 3 is 2.53 bits per heavy atom. The van der Waals surface area contributed by atoms with Crippen molar-refractivity contribution in [2.24, 2.45) is 0 Å². The number of carbonyl (C=O) groups is 1. The second-order valence-electron chi connectivity index (χ2n) is 4.65. The van der Waals surface area contributed by atoms with Gasteiger partial charge in [0.2, 0.25) is 0 Å². The standard InChI is InChI=1S/C13H17BrClNO/c1-5-13(2,3)16(4)12(17)10-7-6-9(15)8-11(10)14/h6-8H,5H2,1-4H3. The van der Waals surface area contributed by atoms with Gasteiger partial charge in [0.1, 0.15) is 0 Å². The first-order chi connectivity index (χ1) is 7.79. The molecule has 0 saturated carbocycles. The van der Waals surface area contributed by atoms with E-state index in [0.717, 1.165) is 10.9 Å². The van der Waals surface area contributed by atoms with Crippen molar-refractivity contribution >= 4 is 33.4 Å². The molecular formula is C13H17BrClNO. The summed E-state index contributed by atoms with van der Waals surface area (Å²) in [4.78, 5) is 14.1. The number of carbonyl (C=O) groups excluding carboxylic acids is 1. The van der Waals surface area contributed by atoms with Crippen LogP contribution < -0.4 is 0 Å². The molecule has 4 heteroatoms. The Hall–Kier alpha value is -0.540. The second kappa shape index (κ2) is 5.40. The van der Waals surface area contributed by atoms with Crippen molar-refractivity contribution in [1.29, 1.82) is 0 Å². The highest BCUT2D eigenvalue weighted by atomic mass is 79.9. The molecule has 0 bridgehead atoms. The highest BCUT2D eigenvalue weighted by molar-refractivity contribution is 9.10. The molecule has 0 heterocycles. The van der Waals surface area contributed by atoms with Gasteiger partial charge < -0.3 is 4.90 Å². The first kappa shape index (κ1) is 14.5. The summed E-state index contributed by atoms with van der Waals surface area (Å²) in [6, 6.07) is 5.21. The summed E-state index contributed by atoms with van der Waals surface area (Å²) in [5.74, 6) is 0.000363. The number of nitrogens with zero attached hydrogens (tertiary/aromatic N) is 1. The predicted molar refractivity (Wildman–Crippen MR) is 75.6 cm³/mol. The van der Waals surface area contributed by atoms with Gasteiger partial charge in [-0.3, -0.25) is 4.79 Å². The second-order valence-corrected chi connectivity index (χ2v) is 5.95. The average molecular weight is 319 g/mol. The van der Waals surface area contributed by atoms with Crippen molar-refractivity contribution in [1.82, 2.24) is 4.90 Å². The Morgan fingerprint density at radius 2 is 2.06 bits per heavy atom. The summed E-state index contributed by atoms with van der Waals surface area (Å²) in [5.41, 5.74) is 0.481. The van der Waals surface area contributed by atoms with Crippen molar-refractivity contribution in [2.45, 2.75) is 32.7 Å². The lowest BCUT2D eigenvalue weighted by molar-refractivity contribution is 0.0619. The van der Waals surface area contributed by atoms with Crippen molar-refractivity contribution < 1.29 is 4.79 Å². The van der Waals surface area contributed by atoms with Gasteiger partial charge in [-0.15, -0.1) is 0 Å². The third kappa shape index (κ3) is 3.23. The van der Waals surface area contributed by atoms with E-state index in [1.807, 2.05) is 7.05 Å². The van der Waals surface area contributed by atoms with Crippen LogP contribution in [-0.2, 0) is 0 Å². The lowest BCUT2D eigenvalue weighted by Gasteiger charge is -2.35. The van der Waals surface area contributed by atoms with Gasteiger partial charge in [-0.25, -0.2) is 0 Å². The van der Waals surface area contributed by atoms with Crippen LogP contribution in [0.15, 0.2) is 22.7 Å². The fourth-order valence-electron chi connectivity index (χ4n) is 1.36. The minimum Gasteiger partial charge on any atom is -0.337 e. The van der Waals surface area contributed by atoms with Gasteiger partial charge in [-0.1, -0.05) is 18.5 Å².